The van der Waals surface area contributed by atoms with Crippen LogP contribution in [0.15, 0.2) is 76.4 Å². The average molecular weight is 438 g/mol. The van der Waals surface area contributed by atoms with Gasteiger partial charge in [-0.1, -0.05) is 12.1 Å². The van der Waals surface area contributed by atoms with Gasteiger partial charge in [-0.15, -0.1) is 0 Å². The van der Waals surface area contributed by atoms with Gasteiger partial charge in [0.1, 0.15) is 17.3 Å². The van der Waals surface area contributed by atoms with Crippen LogP contribution in [0, 0.1) is 5.82 Å². The molecule has 0 aliphatic heterocycles. The van der Waals surface area contributed by atoms with Crippen molar-refractivity contribution in [3.05, 3.63) is 84.1 Å². The van der Waals surface area contributed by atoms with Crippen molar-refractivity contribution in [2.45, 2.75) is 6.54 Å². The molecule has 2 aromatic carbocycles. The van der Waals surface area contributed by atoms with E-state index < -0.39 is 23.5 Å². The van der Waals surface area contributed by atoms with E-state index in [1.54, 1.807) is 36.4 Å². The largest absolute Gasteiger partial charge is 0.484 e. The van der Waals surface area contributed by atoms with Gasteiger partial charge in [-0.3, -0.25) is 14.4 Å². The van der Waals surface area contributed by atoms with Crippen molar-refractivity contribution in [1.82, 2.24) is 10.7 Å². The van der Waals surface area contributed by atoms with Crippen LogP contribution in [0.4, 0.5) is 10.1 Å². The lowest BCUT2D eigenvalue weighted by Crippen LogP contribution is -2.37. The van der Waals surface area contributed by atoms with Crippen LogP contribution in [0.25, 0.3) is 0 Å². The molecule has 0 fully saturated rings. The Bertz CT molecular complexity index is 1100. The fourth-order valence-electron chi connectivity index (χ4n) is 2.44. The Balaban J connectivity index is 1.43. The lowest BCUT2D eigenvalue weighted by Gasteiger charge is -2.08. The molecule has 164 valence electrons. The van der Waals surface area contributed by atoms with Gasteiger partial charge in [0, 0.05) is 5.69 Å². The third kappa shape index (κ3) is 7.10. The first kappa shape index (κ1) is 22.2. The number of ether oxygens (including phenoxy) is 1. The minimum atomic E-state index is -0.933. The molecule has 1 aromatic heterocycles. The minimum absolute atomic E-state index is 0.0804. The third-order valence-corrected chi connectivity index (χ3v) is 3.95. The highest BCUT2D eigenvalue weighted by molar-refractivity contribution is 6.35. The number of hydrogen-bond donors (Lipinski definition) is 3. The van der Waals surface area contributed by atoms with E-state index in [1.807, 2.05) is 0 Å². The highest BCUT2D eigenvalue weighted by Crippen LogP contribution is 2.13. The van der Waals surface area contributed by atoms with Crippen molar-refractivity contribution in [3.63, 3.8) is 0 Å². The maximum atomic E-state index is 12.9. The van der Waals surface area contributed by atoms with Gasteiger partial charge in [-0.05, 0) is 54.1 Å². The van der Waals surface area contributed by atoms with Gasteiger partial charge in [0.05, 0.1) is 19.0 Å². The van der Waals surface area contributed by atoms with E-state index in [1.165, 1.54) is 36.7 Å². The highest BCUT2D eigenvalue weighted by atomic mass is 19.1. The number of hydrogen-bond acceptors (Lipinski definition) is 6. The summed E-state index contributed by atoms with van der Waals surface area (Å²) < 4.78 is 23.4. The Morgan fingerprint density at radius 2 is 1.84 bits per heavy atom. The average Bonchev–Trinajstić information content (AvgIpc) is 3.31. The molecular weight excluding hydrogens is 419 g/mol. The van der Waals surface area contributed by atoms with E-state index in [2.05, 4.69) is 21.2 Å². The van der Waals surface area contributed by atoms with Crippen LogP contribution in [0.3, 0.4) is 0 Å². The number of amides is 3. The summed E-state index contributed by atoms with van der Waals surface area (Å²) in [4.78, 5) is 35.4. The number of anilines is 1. The molecule has 3 rings (SSSR count). The molecule has 0 aliphatic rings. The van der Waals surface area contributed by atoms with E-state index in [4.69, 9.17) is 9.15 Å². The van der Waals surface area contributed by atoms with Crippen molar-refractivity contribution < 1.29 is 27.9 Å². The van der Waals surface area contributed by atoms with Gasteiger partial charge in [-0.2, -0.15) is 5.10 Å². The molecule has 0 saturated heterocycles. The Hall–Kier alpha value is -4.47. The fourth-order valence-corrected chi connectivity index (χ4v) is 2.44. The summed E-state index contributed by atoms with van der Waals surface area (Å²) in [6.45, 7) is -0.179. The molecule has 0 saturated carbocycles. The number of benzene rings is 2. The standard InChI is InChI=1S/C22H19FN4O5/c23-16-6-8-17(9-7-16)26-20(28)14-32-18-4-1-3-15(11-18)12-25-27-22(30)21(29)24-13-19-5-2-10-31-19/h1-12H,13-14H2,(H,24,29)(H,26,28)(H,27,30)/b25-12-. The second kappa shape index (κ2) is 11.1. The van der Waals surface area contributed by atoms with Crippen LogP contribution in [0.2, 0.25) is 0 Å². The van der Waals surface area contributed by atoms with Crippen molar-refractivity contribution in [2.75, 3.05) is 11.9 Å². The van der Waals surface area contributed by atoms with E-state index in [-0.39, 0.29) is 13.2 Å². The molecule has 32 heavy (non-hydrogen) atoms. The fraction of sp³-hybridized carbons (Fsp3) is 0.0909. The highest BCUT2D eigenvalue weighted by Gasteiger charge is 2.12. The maximum absolute atomic E-state index is 12.9. The number of carbonyl (C=O) groups is 3. The number of nitrogens with one attached hydrogen (secondary N) is 3. The summed E-state index contributed by atoms with van der Waals surface area (Å²) in [5, 5.41) is 8.71. The number of nitrogens with zero attached hydrogens (tertiary/aromatic N) is 1. The molecule has 9 nitrogen and oxygen atoms in total. The minimum Gasteiger partial charge on any atom is -0.484 e. The van der Waals surface area contributed by atoms with Crippen LogP contribution >= 0.6 is 0 Å². The molecule has 1 heterocycles. The molecule has 0 spiro atoms. The molecule has 0 unspecified atom stereocenters. The van der Waals surface area contributed by atoms with Crippen LogP contribution in [0.1, 0.15) is 11.3 Å². The Kier molecular flexibility index (Phi) is 7.68. The molecule has 3 amide bonds. The molecule has 0 bridgehead atoms. The lowest BCUT2D eigenvalue weighted by atomic mass is 10.2. The quantitative estimate of drug-likeness (QED) is 0.283. The summed E-state index contributed by atoms with van der Waals surface area (Å²) in [7, 11) is 0. The predicted octanol–water partition coefficient (Wildman–Crippen LogP) is 2.20. The molecule has 0 aliphatic carbocycles. The summed E-state index contributed by atoms with van der Waals surface area (Å²) in [6.07, 6.45) is 2.78. The SMILES string of the molecule is O=C(COc1cccc(/C=N\NC(=O)C(=O)NCc2ccco2)c1)Nc1ccc(F)cc1. The van der Waals surface area contributed by atoms with Crippen molar-refractivity contribution in [1.29, 1.82) is 0 Å². The molecule has 0 atom stereocenters. The topological polar surface area (TPSA) is 122 Å². The number of hydrazone groups is 1. The van der Waals surface area contributed by atoms with Gasteiger partial charge < -0.3 is 19.8 Å². The van der Waals surface area contributed by atoms with Gasteiger partial charge in [0.2, 0.25) is 0 Å². The monoisotopic (exact) mass is 438 g/mol. The molecule has 0 radical (unpaired) electrons. The molecule has 3 N–H and O–H groups in total. The van der Waals surface area contributed by atoms with Gasteiger partial charge >= 0.3 is 11.8 Å². The Morgan fingerprint density at radius 3 is 2.59 bits per heavy atom. The normalized spacial score (nSPS) is 10.5. The zero-order chi connectivity index (χ0) is 22.8. The molecule has 10 heteroatoms. The van der Waals surface area contributed by atoms with Crippen LogP contribution < -0.4 is 20.8 Å². The van der Waals surface area contributed by atoms with Gasteiger partial charge in [-0.25, -0.2) is 9.82 Å². The van der Waals surface area contributed by atoms with Crippen LogP contribution in [-0.4, -0.2) is 30.5 Å². The number of rotatable bonds is 8. The van der Waals surface area contributed by atoms with E-state index in [0.29, 0.717) is 22.8 Å². The number of furan rings is 1. The Labute approximate surface area is 182 Å². The van der Waals surface area contributed by atoms with Crippen molar-refractivity contribution in [2.24, 2.45) is 5.10 Å². The van der Waals surface area contributed by atoms with Crippen LogP contribution in [0.5, 0.6) is 5.75 Å². The predicted molar refractivity (Wildman–Crippen MR) is 113 cm³/mol. The first-order chi connectivity index (χ1) is 15.5. The first-order valence-electron chi connectivity index (χ1n) is 9.41. The summed E-state index contributed by atoms with van der Waals surface area (Å²) in [5.74, 6) is -1.70. The first-order valence-corrected chi connectivity index (χ1v) is 9.41. The van der Waals surface area contributed by atoms with E-state index in [9.17, 15) is 18.8 Å². The Morgan fingerprint density at radius 1 is 1.03 bits per heavy atom. The van der Waals surface area contributed by atoms with Crippen molar-refractivity contribution >= 4 is 29.6 Å². The molecular formula is C22H19FN4O5. The zero-order valence-electron chi connectivity index (χ0n) is 16.7. The zero-order valence-corrected chi connectivity index (χ0v) is 16.7. The summed E-state index contributed by atoms with van der Waals surface area (Å²) >= 11 is 0. The summed E-state index contributed by atoms with van der Waals surface area (Å²) in [6, 6.07) is 15.3. The van der Waals surface area contributed by atoms with Gasteiger partial charge in [0.25, 0.3) is 5.91 Å². The maximum Gasteiger partial charge on any atom is 0.329 e. The molecule has 3 aromatic rings. The van der Waals surface area contributed by atoms with Gasteiger partial charge in [0.15, 0.2) is 6.61 Å². The number of carbonyl (C=O) groups excluding carboxylic acids is 3. The second-order valence-corrected chi connectivity index (χ2v) is 6.38. The van der Waals surface area contributed by atoms with Crippen LogP contribution in [-0.2, 0) is 20.9 Å². The van der Waals surface area contributed by atoms with Crippen molar-refractivity contribution in [3.8, 4) is 5.75 Å². The number of halogens is 1. The van der Waals surface area contributed by atoms with E-state index in [0.717, 1.165) is 0 Å². The second-order valence-electron chi connectivity index (χ2n) is 6.38. The van der Waals surface area contributed by atoms with E-state index >= 15 is 0 Å². The smallest absolute Gasteiger partial charge is 0.329 e. The third-order valence-electron chi connectivity index (χ3n) is 3.95. The summed E-state index contributed by atoms with van der Waals surface area (Å²) in [5.41, 5.74) is 3.13. The lowest BCUT2D eigenvalue weighted by molar-refractivity contribution is -0.139.